The molecule has 0 saturated carbocycles. The van der Waals surface area contributed by atoms with Gasteiger partial charge in [-0.1, -0.05) is 23.7 Å². The number of benzene rings is 1. The van der Waals surface area contributed by atoms with Gasteiger partial charge in [0.15, 0.2) is 0 Å². The zero-order valence-corrected chi connectivity index (χ0v) is 25.2. The number of nitrogens with one attached hydrogen (secondary N) is 1. The molecule has 1 N–H and O–H groups in total. The lowest BCUT2D eigenvalue weighted by atomic mass is 9.93. The average molecular weight is 600 g/mol. The Bertz CT molecular complexity index is 1420. The lowest BCUT2D eigenvalue weighted by Gasteiger charge is -2.36. The number of aryl methyl sites for hydroxylation is 1. The van der Waals surface area contributed by atoms with Crippen molar-refractivity contribution in [1.82, 2.24) is 19.2 Å². The summed E-state index contributed by atoms with van der Waals surface area (Å²) in [5.74, 6) is 0.369. The van der Waals surface area contributed by atoms with Crippen LogP contribution in [0.3, 0.4) is 0 Å². The molecule has 0 aliphatic carbocycles. The quantitative estimate of drug-likeness (QED) is 0.371. The van der Waals surface area contributed by atoms with Gasteiger partial charge in [0, 0.05) is 62.7 Å². The molecule has 3 aromatic rings. The van der Waals surface area contributed by atoms with Crippen LogP contribution in [-0.2, 0) is 26.1 Å². The fraction of sp³-hybridized carbons (Fsp3) is 0.467. The van der Waals surface area contributed by atoms with Gasteiger partial charge in [-0.3, -0.25) is 9.78 Å². The molecular weight excluding hydrogens is 562 g/mol. The number of anilines is 1. The van der Waals surface area contributed by atoms with E-state index in [1.54, 1.807) is 32.0 Å². The number of nitrogens with zero attached hydrogens (tertiary/aromatic N) is 4. The van der Waals surface area contributed by atoms with Crippen LogP contribution in [0.2, 0.25) is 5.02 Å². The predicted molar refractivity (Wildman–Crippen MR) is 159 cm³/mol. The fourth-order valence-corrected chi connectivity index (χ4v) is 8.21. The number of carbonyl (C=O) groups excluding carboxylic acids is 1. The largest absolute Gasteiger partial charge is 0.371 e. The highest BCUT2D eigenvalue weighted by Crippen LogP contribution is 2.35. The minimum atomic E-state index is -3.91. The zero-order chi connectivity index (χ0) is 29.0. The number of fused-ring (bicyclic) bond motifs is 1. The highest BCUT2D eigenvalue weighted by molar-refractivity contribution is 7.89. The molecule has 1 saturated heterocycles. The number of aromatic nitrogens is 2. The van der Waals surface area contributed by atoms with Crippen LogP contribution in [0.5, 0.6) is 0 Å². The van der Waals surface area contributed by atoms with Crippen molar-refractivity contribution < 1.29 is 17.9 Å². The SMILES string of the molecule is Cc1cccc(Cl)c1S(=O)(=O)N1CCn2cccc2C1COC(C)C(=O)NCCC1CCN(c2ccncc2)CC1. The summed E-state index contributed by atoms with van der Waals surface area (Å²) in [5.41, 5.74) is 2.63. The van der Waals surface area contributed by atoms with E-state index >= 15 is 0 Å². The molecule has 0 bridgehead atoms. The Morgan fingerprint density at radius 3 is 2.59 bits per heavy atom. The topological polar surface area (TPSA) is 96.8 Å². The molecule has 11 heteroatoms. The van der Waals surface area contributed by atoms with E-state index in [4.69, 9.17) is 16.3 Å². The van der Waals surface area contributed by atoms with Crippen molar-refractivity contribution in [1.29, 1.82) is 0 Å². The van der Waals surface area contributed by atoms with Crippen molar-refractivity contribution in [2.45, 2.75) is 56.7 Å². The second-order valence-electron chi connectivity index (χ2n) is 10.8. The Morgan fingerprint density at radius 1 is 1.10 bits per heavy atom. The lowest BCUT2D eigenvalue weighted by molar-refractivity contribution is -0.132. The number of ether oxygens (including phenoxy) is 1. The highest BCUT2D eigenvalue weighted by Gasteiger charge is 2.39. The van der Waals surface area contributed by atoms with Crippen molar-refractivity contribution in [2.24, 2.45) is 5.92 Å². The van der Waals surface area contributed by atoms with Crippen LogP contribution >= 0.6 is 11.6 Å². The maximum atomic E-state index is 13.8. The van der Waals surface area contributed by atoms with Gasteiger partial charge in [0.05, 0.1) is 17.7 Å². The molecule has 1 amide bonds. The Balaban J connectivity index is 1.15. The van der Waals surface area contributed by atoms with Crippen LogP contribution in [0.4, 0.5) is 5.69 Å². The molecule has 2 aliphatic heterocycles. The van der Waals surface area contributed by atoms with E-state index in [2.05, 4.69) is 15.2 Å². The van der Waals surface area contributed by atoms with E-state index in [0.29, 0.717) is 24.6 Å². The van der Waals surface area contributed by atoms with Crippen molar-refractivity contribution >= 4 is 33.2 Å². The van der Waals surface area contributed by atoms with Gasteiger partial charge in [-0.25, -0.2) is 8.42 Å². The first-order valence-corrected chi connectivity index (χ1v) is 16.0. The fourth-order valence-electron chi connectivity index (χ4n) is 5.85. The van der Waals surface area contributed by atoms with Gasteiger partial charge in [-0.05, 0) is 74.9 Å². The summed E-state index contributed by atoms with van der Waals surface area (Å²) >= 11 is 6.37. The Morgan fingerprint density at radius 2 is 1.85 bits per heavy atom. The van der Waals surface area contributed by atoms with Crippen molar-refractivity contribution in [3.63, 3.8) is 0 Å². The summed E-state index contributed by atoms with van der Waals surface area (Å²) < 4.78 is 37.2. The third-order valence-corrected chi connectivity index (χ3v) is 10.8. The number of hydrogen-bond donors (Lipinski definition) is 1. The van der Waals surface area contributed by atoms with Gasteiger partial charge in [0.2, 0.25) is 15.9 Å². The lowest BCUT2D eigenvalue weighted by Crippen LogP contribution is -2.45. The standard InChI is InChI=1S/C30H38ClN5O4S/c1-22-5-3-6-26(31)29(22)41(38,39)36-20-19-35-16-4-7-27(35)28(36)21-40-23(2)30(37)33-15-8-24-11-17-34(18-12-24)25-9-13-32-14-10-25/h3-7,9-10,13-14,16,23-24,28H,8,11-12,15,17-21H2,1-2H3,(H,33,37). The molecule has 4 heterocycles. The Kier molecular flexibility index (Phi) is 9.33. The van der Waals surface area contributed by atoms with Crippen LogP contribution in [0, 0.1) is 12.8 Å². The number of halogens is 1. The minimum absolute atomic E-state index is 0.0504. The summed E-state index contributed by atoms with van der Waals surface area (Å²) in [4.78, 5) is 19.5. The van der Waals surface area contributed by atoms with Crippen LogP contribution in [0.1, 0.15) is 43.5 Å². The second kappa shape index (κ2) is 12.9. The number of hydrogen-bond acceptors (Lipinski definition) is 6. The monoisotopic (exact) mass is 599 g/mol. The first-order valence-electron chi connectivity index (χ1n) is 14.2. The number of rotatable bonds is 10. The van der Waals surface area contributed by atoms with Crippen molar-refractivity contribution in [3.8, 4) is 0 Å². The van der Waals surface area contributed by atoms with E-state index < -0.39 is 22.2 Å². The summed E-state index contributed by atoms with van der Waals surface area (Å²) in [5, 5.41) is 3.21. The molecule has 41 heavy (non-hydrogen) atoms. The summed E-state index contributed by atoms with van der Waals surface area (Å²) in [6.07, 6.45) is 7.94. The second-order valence-corrected chi connectivity index (χ2v) is 13.1. The Labute approximate surface area is 247 Å². The van der Waals surface area contributed by atoms with E-state index in [9.17, 15) is 13.2 Å². The number of sulfonamides is 1. The molecule has 2 atom stereocenters. The summed E-state index contributed by atoms with van der Waals surface area (Å²) in [6, 6.07) is 12.4. The Hall–Kier alpha value is -2.92. The smallest absolute Gasteiger partial charge is 0.248 e. The first-order chi connectivity index (χ1) is 19.8. The minimum Gasteiger partial charge on any atom is -0.371 e. The molecular formula is C30H38ClN5O4S. The van der Waals surface area contributed by atoms with Crippen LogP contribution < -0.4 is 10.2 Å². The highest BCUT2D eigenvalue weighted by atomic mass is 35.5. The summed E-state index contributed by atoms with van der Waals surface area (Å²) in [7, 11) is -3.91. The van der Waals surface area contributed by atoms with Gasteiger partial charge in [0.25, 0.3) is 0 Å². The number of pyridine rings is 1. The van der Waals surface area contributed by atoms with Crippen LogP contribution in [0.15, 0.2) is 66.0 Å². The third kappa shape index (κ3) is 6.61. The molecule has 9 nitrogen and oxygen atoms in total. The molecule has 2 aromatic heterocycles. The maximum Gasteiger partial charge on any atom is 0.248 e. The molecule has 1 aromatic carbocycles. The van der Waals surface area contributed by atoms with Gasteiger partial charge in [-0.15, -0.1) is 0 Å². The van der Waals surface area contributed by atoms with Crippen molar-refractivity contribution in [3.05, 3.63) is 77.3 Å². The van der Waals surface area contributed by atoms with Crippen LogP contribution in [0.25, 0.3) is 0 Å². The molecule has 2 unspecified atom stereocenters. The maximum absolute atomic E-state index is 13.8. The summed E-state index contributed by atoms with van der Waals surface area (Å²) in [6.45, 7) is 6.90. The molecule has 5 rings (SSSR count). The average Bonchev–Trinajstić information content (AvgIpc) is 3.45. The van der Waals surface area contributed by atoms with E-state index in [1.807, 2.05) is 47.4 Å². The molecule has 220 valence electrons. The van der Waals surface area contributed by atoms with Gasteiger partial charge < -0.3 is 19.5 Å². The first kappa shape index (κ1) is 29.6. The predicted octanol–water partition coefficient (Wildman–Crippen LogP) is 4.42. The number of carbonyl (C=O) groups is 1. The van der Waals surface area contributed by atoms with E-state index in [1.165, 1.54) is 9.99 Å². The zero-order valence-electron chi connectivity index (χ0n) is 23.6. The number of amides is 1. The number of piperidine rings is 1. The normalized spacial score (nSPS) is 19.1. The van der Waals surface area contributed by atoms with Gasteiger partial charge in [0.1, 0.15) is 11.0 Å². The molecule has 1 fully saturated rings. The van der Waals surface area contributed by atoms with E-state index in [0.717, 1.165) is 38.0 Å². The van der Waals surface area contributed by atoms with Crippen LogP contribution in [-0.4, -0.2) is 67.1 Å². The molecule has 2 aliphatic rings. The molecule has 0 radical (unpaired) electrons. The third-order valence-electron chi connectivity index (χ3n) is 8.21. The molecule has 0 spiro atoms. The van der Waals surface area contributed by atoms with Gasteiger partial charge >= 0.3 is 0 Å². The van der Waals surface area contributed by atoms with Crippen molar-refractivity contribution in [2.75, 3.05) is 37.7 Å². The van der Waals surface area contributed by atoms with Gasteiger partial charge in [-0.2, -0.15) is 4.31 Å². The van der Waals surface area contributed by atoms with E-state index in [-0.39, 0.29) is 29.0 Å².